The van der Waals surface area contributed by atoms with Crippen molar-refractivity contribution in [3.8, 4) is 0 Å². The Hall–Kier alpha value is -1.22. The van der Waals surface area contributed by atoms with Crippen LogP contribution in [0.15, 0.2) is 24.3 Å². The molecule has 1 fully saturated rings. The van der Waals surface area contributed by atoms with E-state index in [2.05, 4.69) is 0 Å². The van der Waals surface area contributed by atoms with Crippen molar-refractivity contribution in [3.63, 3.8) is 0 Å². The Kier molecular flexibility index (Phi) is 3.29. The molecule has 0 radical (unpaired) electrons. The first-order valence-electron chi connectivity index (χ1n) is 5.74. The molecule has 4 heteroatoms. The molecule has 1 aromatic carbocycles. The highest BCUT2D eigenvalue weighted by Crippen LogP contribution is 2.42. The Balaban J connectivity index is 2.08. The summed E-state index contributed by atoms with van der Waals surface area (Å²) in [6.45, 7) is 0.559. The summed E-state index contributed by atoms with van der Waals surface area (Å²) in [5.41, 5.74) is 0.455. The number of carboxylic acids is 1. The van der Waals surface area contributed by atoms with Crippen LogP contribution in [-0.2, 0) is 4.79 Å². The van der Waals surface area contributed by atoms with Crippen molar-refractivity contribution >= 4 is 23.3 Å². The predicted octanol–water partition coefficient (Wildman–Crippen LogP) is 3.03. The van der Waals surface area contributed by atoms with Crippen LogP contribution in [0.3, 0.4) is 0 Å². The molecule has 1 aliphatic carbocycles. The molecular formula is C13H16ClNO2. The molecular weight excluding hydrogens is 238 g/mol. The summed E-state index contributed by atoms with van der Waals surface area (Å²) in [6.07, 6.45) is 2.57. The number of rotatable bonds is 4. The lowest BCUT2D eigenvalue weighted by molar-refractivity contribution is -0.153. The number of hydrogen-bond acceptors (Lipinski definition) is 2. The van der Waals surface area contributed by atoms with E-state index in [9.17, 15) is 9.90 Å². The van der Waals surface area contributed by atoms with Crippen molar-refractivity contribution in [2.24, 2.45) is 5.41 Å². The van der Waals surface area contributed by atoms with Crippen LogP contribution in [0.2, 0.25) is 5.02 Å². The van der Waals surface area contributed by atoms with Crippen molar-refractivity contribution in [1.82, 2.24) is 0 Å². The Morgan fingerprint density at radius 1 is 1.41 bits per heavy atom. The minimum absolute atomic E-state index is 0.547. The molecule has 0 atom stereocenters. The normalized spacial score (nSPS) is 17.3. The van der Waals surface area contributed by atoms with Crippen LogP contribution < -0.4 is 4.90 Å². The predicted molar refractivity (Wildman–Crippen MR) is 68.6 cm³/mol. The summed E-state index contributed by atoms with van der Waals surface area (Å²) in [5, 5.41) is 9.97. The van der Waals surface area contributed by atoms with Gasteiger partial charge >= 0.3 is 5.97 Å². The molecule has 0 unspecified atom stereocenters. The summed E-state index contributed by atoms with van der Waals surface area (Å²) >= 11 is 5.83. The molecule has 0 aromatic heterocycles. The Morgan fingerprint density at radius 3 is 2.41 bits per heavy atom. The van der Waals surface area contributed by atoms with Gasteiger partial charge < -0.3 is 10.0 Å². The molecule has 1 aromatic rings. The van der Waals surface area contributed by atoms with Crippen molar-refractivity contribution in [1.29, 1.82) is 0 Å². The second-order valence-corrected chi connectivity index (χ2v) is 5.21. The van der Waals surface area contributed by atoms with Crippen molar-refractivity contribution in [2.45, 2.75) is 19.3 Å². The fourth-order valence-corrected chi connectivity index (χ4v) is 2.41. The number of hydrogen-bond donors (Lipinski definition) is 1. The quantitative estimate of drug-likeness (QED) is 0.897. The molecule has 0 spiro atoms. The Morgan fingerprint density at radius 2 is 2.00 bits per heavy atom. The van der Waals surface area contributed by atoms with Crippen molar-refractivity contribution in [3.05, 3.63) is 29.3 Å². The minimum Gasteiger partial charge on any atom is -0.481 e. The molecule has 0 amide bonds. The van der Waals surface area contributed by atoms with Crippen LogP contribution in [0, 0.1) is 5.41 Å². The van der Waals surface area contributed by atoms with Gasteiger partial charge in [0.05, 0.1) is 5.41 Å². The Bertz CT molecular complexity index is 412. The number of benzene rings is 1. The third-order valence-corrected chi connectivity index (χ3v) is 3.82. The number of aliphatic carboxylic acids is 1. The highest BCUT2D eigenvalue weighted by atomic mass is 35.5. The number of halogens is 1. The van der Waals surface area contributed by atoms with Gasteiger partial charge in [0.25, 0.3) is 0 Å². The maximum Gasteiger partial charge on any atom is 0.311 e. The SMILES string of the molecule is CN(CC1(C(=O)O)CCC1)c1ccc(Cl)cc1. The first-order chi connectivity index (χ1) is 8.03. The van der Waals surface area contributed by atoms with E-state index < -0.39 is 11.4 Å². The lowest BCUT2D eigenvalue weighted by atomic mass is 9.68. The van der Waals surface area contributed by atoms with E-state index in [0.717, 1.165) is 24.9 Å². The first kappa shape index (κ1) is 12.2. The van der Waals surface area contributed by atoms with Crippen LogP contribution in [0.4, 0.5) is 5.69 Å². The van der Waals surface area contributed by atoms with Crippen molar-refractivity contribution in [2.75, 3.05) is 18.5 Å². The van der Waals surface area contributed by atoms with Crippen LogP contribution in [-0.4, -0.2) is 24.7 Å². The molecule has 0 aliphatic heterocycles. The first-order valence-corrected chi connectivity index (χ1v) is 6.11. The van der Waals surface area contributed by atoms with Gasteiger partial charge in [-0.05, 0) is 37.1 Å². The zero-order chi connectivity index (χ0) is 12.5. The van der Waals surface area contributed by atoms with Crippen LogP contribution in [0.5, 0.6) is 0 Å². The molecule has 1 N–H and O–H groups in total. The molecule has 0 heterocycles. The second kappa shape index (κ2) is 4.57. The summed E-state index contributed by atoms with van der Waals surface area (Å²) in [4.78, 5) is 13.3. The van der Waals surface area contributed by atoms with E-state index in [4.69, 9.17) is 11.6 Å². The maximum atomic E-state index is 11.3. The average Bonchev–Trinajstić information content (AvgIpc) is 2.23. The van der Waals surface area contributed by atoms with Gasteiger partial charge in [-0.15, -0.1) is 0 Å². The second-order valence-electron chi connectivity index (χ2n) is 4.77. The van der Waals surface area contributed by atoms with Gasteiger partial charge in [-0.3, -0.25) is 4.79 Å². The monoisotopic (exact) mass is 253 g/mol. The zero-order valence-electron chi connectivity index (χ0n) is 9.82. The third kappa shape index (κ3) is 2.39. The highest BCUT2D eigenvalue weighted by molar-refractivity contribution is 6.30. The molecule has 2 rings (SSSR count). The lowest BCUT2D eigenvalue weighted by Crippen LogP contribution is -2.46. The van der Waals surface area contributed by atoms with E-state index in [1.165, 1.54) is 0 Å². The molecule has 17 heavy (non-hydrogen) atoms. The van der Waals surface area contributed by atoms with Gasteiger partial charge in [0, 0.05) is 24.3 Å². The van der Waals surface area contributed by atoms with Gasteiger partial charge in [0.2, 0.25) is 0 Å². The molecule has 0 bridgehead atoms. The molecule has 3 nitrogen and oxygen atoms in total. The maximum absolute atomic E-state index is 11.3. The molecule has 92 valence electrons. The number of carboxylic acid groups (broad SMARTS) is 1. The average molecular weight is 254 g/mol. The van der Waals surface area contributed by atoms with Crippen molar-refractivity contribution < 1.29 is 9.90 Å². The smallest absolute Gasteiger partial charge is 0.311 e. The van der Waals surface area contributed by atoms with Gasteiger partial charge in [-0.2, -0.15) is 0 Å². The van der Waals surface area contributed by atoms with Crippen LogP contribution in [0.25, 0.3) is 0 Å². The van der Waals surface area contributed by atoms with E-state index in [1.807, 2.05) is 36.2 Å². The molecule has 1 aliphatic rings. The van der Waals surface area contributed by atoms with Crippen LogP contribution >= 0.6 is 11.6 Å². The standard InChI is InChI=1S/C13H16ClNO2/c1-15(11-5-3-10(14)4-6-11)9-13(12(16)17)7-2-8-13/h3-6H,2,7-9H2,1H3,(H,16,17). The minimum atomic E-state index is -0.676. The summed E-state index contributed by atoms with van der Waals surface area (Å²) in [7, 11) is 1.92. The zero-order valence-corrected chi connectivity index (χ0v) is 10.6. The fourth-order valence-electron chi connectivity index (χ4n) is 2.28. The van der Waals surface area contributed by atoms with E-state index >= 15 is 0 Å². The van der Waals surface area contributed by atoms with Crippen LogP contribution in [0.1, 0.15) is 19.3 Å². The number of nitrogens with zero attached hydrogens (tertiary/aromatic N) is 1. The van der Waals surface area contributed by atoms with Gasteiger partial charge in [0.1, 0.15) is 0 Å². The summed E-state index contributed by atoms with van der Waals surface area (Å²) < 4.78 is 0. The Labute approximate surface area is 106 Å². The van der Waals surface area contributed by atoms with E-state index in [-0.39, 0.29) is 0 Å². The van der Waals surface area contributed by atoms with Gasteiger partial charge in [-0.1, -0.05) is 18.0 Å². The fraction of sp³-hybridized carbons (Fsp3) is 0.462. The van der Waals surface area contributed by atoms with Gasteiger partial charge in [-0.25, -0.2) is 0 Å². The number of carbonyl (C=O) groups is 1. The topological polar surface area (TPSA) is 40.5 Å². The highest BCUT2D eigenvalue weighted by Gasteiger charge is 2.45. The molecule has 1 saturated carbocycles. The lowest BCUT2D eigenvalue weighted by Gasteiger charge is -2.41. The van der Waals surface area contributed by atoms with E-state index in [0.29, 0.717) is 11.6 Å². The number of anilines is 1. The van der Waals surface area contributed by atoms with E-state index in [1.54, 1.807) is 0 Å². The third-order valence-electron chi connectivity index (χ3n) is 3.57. The summed E-state index contributed by atoms with van der Waals surface area (Å²) in [5.74, 6) is -0.676. The largest absolute Gasteiger partial charge is 0.481 e. The van der Waals surface area contributed by atoms with Gasteiger partial charge in [0.15, 0.2) is 0 Å². The summed E-state index contributed by atoms with van der Waals surface area (Å²) in [6, 6.07) is 7.47. The molecule has 0 saturated heterocycles.